The van der Waals surface area contributed by atoms with Crippen molar-refractivity contribution in [2.24, 2.45) is 0 Å². The molecule has 0 spiro atoms. The molecule has 1 aliphatic heterocycles. The maximum atomic E-state index is 13.5. The van der Waals surface area contributed by atoms with Crippen LogP contribution in [0.3, 0.4) is 0 Å². The van der Waals surface area contributed by atoms with Crippen molar-refractivity contribution in [1.82, 2.24) is 14.6 Å². The molecular formula is C29H35N3O6S. The second kappa shape index (κ2) is 11.3. The lowest BCUT2D eigenvalue weighted by molar-refractivity contribution is -0.0632. The van der Waals surface area contributed by atoms with Crippen LogP contribution in [0.1, 0.15) is 60.8 Å². The number of carbonyl (C=O) groups excluding carboxylic acids is 1. The highest BCUT2D eigenvalue weighted by molar-refractivity contribution is 7.89. The van der Waals surface area contributed by atoms with E-state index in [1.54, 1.807) is 44.1 Å². The number of amides is 1. The Morgan fingerprint density at radius 2 is 1.85 bits per heavy atom. The third-order valence-electron chi connectivity index (χ3n) is 6.95. The van der Waals surface area contributed by atoms with Gasteiger partial charge in [0.1, 0.15) is 17.5 Å². The minimum Gasteiger partial charge on any atom is -0.497 e. The molecule has 0 fully saturated rings. The zero-order valence-electron chi connectivity index (χ0n) is 22.8. The fourth-order valence-electron chi connectivity index (χ4n) is 4.54. The molecule has 9 nitrogen and oxygen atoms in total. The highest BCUT2D eigenvalue weighted by atomic mass is 32.2. The van der Waals surface area contributed by atoms with E-state index in [-0.39, 0.29) is 22.2 Å². The van der Waals surface area contributed by atoms with E-state index in [0.717, 1.165) is 17.5 Å². The molecule has 0 saturated heterocycles. The lowest BCUT2D eigenvalue weighted by Crippen LogP contribution is -2.53. The fraction of sp³-hybridized carbons (Fsp3) is 0.379. The Morgan fingerprint density at radius 3 is 2.49 bits per heavy atom. The van der Waals surface area contributed by atoms with E-state index in [2.05, 4.69) is 9.71 Å². The Labute approximate surface area is 229 Å². The summed E-state index contributed by atoms with van der Waals surface area (Å²) in [6.45, 7) is 7.96. The summed E-state index contributed by atoms with van der Waals surface area (Å²) in [7, 11) is -2.43. The third kappa shape index (κ3) is 6.08. The molecule has 2 heterocycles. The first kappa shape index (κ1) is 28.5. The Balaban J connectivity index is 1.66. The average molecular weight is 554 g/mol. The van der Waals surface area contributed by atoms with Crippen LogP contribution >= 0.6 is 0 Å². The van der Waals surface area contributed by atoms with Crippen LogP contribution in [0.15, 0.2) is 65.7 Å². The van der Waals surface area contributed by atoms with Crippen molar-refractivity contribution in [2.45, 2.75) is 63.3 Å². The van der Waals surface area contributed by atoms with Crippen LogP contribution in [-0.2, 0) is 23.0 Å². The Morgan fingerprint density at radius 1 is 1.13 bits per heavy atom. The number of aromatic nitrogens is 1. The molecule has 0 bridgehead atoms. The number of hydrogen-bond donors (Lipinski definition) is 2. The van der Waals surface area contributed by atoms with E-state index in [1.165, 1.54) is 18.3 Å². The van der Waals surface area contributed by atoms with Gasteiger partial charge in [-0.15, -0.1) is 0 Å². The van der Waals surface area contributed by atoms with Gasteiger partial charge >= 0.3 is 0 Å². The Kier molecular flexibility index (Phi) is 8.29. The van der Waals surface area contributed by atoms with Gasteiger partial charge in [0.15, 0.2) is 0 Å². The van der Waals surface area contributed by atoms with E-state index in [1.807, 2.05) is 38.1 Å². The van der Waals surface area contributed by atoms with Gasteiger partial charge < -0.3 is 19.5 Å². The molecule has 2 aromatic carbocycles. The van der Waals surface area contributed by atoms with Crippen molar-refractivity contribution in [3.63, 3.8) is 0 Å². The zero-order valence-corrected chi connectivity index (χ0v) is 23.7. The first-order chi connectivity index (χ1) is 18.5. The number of aryl methyl sites for hydroxylation is 1. The third-order valence-corrected chi connectivity index (χ3v) is 8.41. The number of sulfonamides is 1. The van der Waals surface area contributed by atoms with Crippen LogP contribution < -0.4 is 14.2 Å². The van der Waals surface area contributed by atoms with Crippen LogP contribution in [-0.4, -0.2) is 54.7 Å². The topological polar surface area (TPSA) is 118 Å². The van der Waals surface area contributed by atoms with Crippen molar-refractivity contribution in [3.8, 4) is 11.6 Å². The zero-order chi connectivity index (χ0) is 28.4. The van der Waals surface area contributed by atoms with E-state index in [9.17, 15) is 18.3 Å². The minimum absolute atomic E-state index is 0.0772. The molecule has 0 aliphatic carbocycles. The number of carbonyl (C=O) groups is 1. The molecule has 0 radical (unpaired) electrons. The van der Waals surface area contributed by atoms with E-state index in [4.69, 9.17) is 9.47 Å². The van der Waals surface area contributed by atoms with Gasteiger partial charge in [0.05, 0.1) is 23.6 Å². The molecule has 208 valence electrons. The molecule has 2 atom stereocenters. The van der Waals surface area contributed by atoms with Crippen molar-refractivity contribution in [1.29, 1.82) is 0 Å². The predicted molar refractivity (Wildman–Crippen MR) is 147 cm³/mol. The predicted octanol–water partition coefficient (Wildman–Crippen LogP) is 3.87. The normalized spacial score (nSPS) is 18.1. The summed E-state index contributed by atoms with van der Waals surface area (Å²) in [5, 5.41) is 11.2. The van der Waals surface area contributed by atoms with Crippen LogP contribution in [0.25, 0.3) is 0 Å². The molecule has 2 N–H and O–H groups in total. The molecule has 0 unspecified atom stereocenters. The summed E-state index contributed by atoms with van der Waals surface area (Å²) in [6, 6.07) is 14.5. The maximum absolute atomic E-state index is 13.5. The smallest absolute Gasteiger partial charge is 0.255 e. The molecule has 39 heavy (non-hydrogen) atoms. The number of fused-ring (bicyclic) bond motifs is 1. The molecule has 1 aromatic heterocycles. The number of rotatable bonds is 9. The molecule has 10 heteroatoms. The summed E-state index contributed by atoms with van der Waals surface area (Å²) in [5.74, 6) is 0.568. The van der Waals surface area contributed by atoms with Crippen molar-refractivity contribution >= 4 is 15.9 Å². The largest absolute Gasteiger partial charge is 0.497 e. The molecule has 0 saturated carbocycles. The van der Waals surface area contributed by atoms with E-state index >= 15 is 0 Å². The number of aliphatic hydroxyl groups excluding tert-OH is 1. The molecule has 1 aliphatic rings. The number of hydrogen-bond acceptors (Lipinski definition) is 7. The summed E-state index contributed by atoms with van der Waals surface area (Å²) >= 11 is 0. The summed E-state index contributed by atoms with van der Waals surface area (Å²) in [6.07, 6.45) is 0.947. The average Bonchev–Trinajstić information content (AvgIpc) is 2.93. The second-order valence-electron chi connectivity index (χ2n) is 10.0. The number of nitrogens with zero attached hydrogens (tertiary/aromatic N) is 2. The standard InChI is InChI=1S/C29H35N3O6S/c1-6-19-11-13-23(14-12-19)39(35,36)31-25-24-16-21(17-30-27(24)38-29(3,4)26(25)33)28(34)32(7-2)18-20-9-8-10-22(15-20)37-5/h8-17,25-26,31,33H,6-7,18H2,1-5H3/t25-,26+/m1/s1. The van der Waals surface area contributed by atoms with E-state index < -0.39 is 27.8 Å². The number of methoxy groups -OCH3 is 1. The summed E-state index contributed by atoms with van der Waals surface area (Å²) in [5.41, 5.74) is 1.32. The van der Waals surface area contributed by atoms with Gasteiger partial charge in [-0.3, -0.25) is 4.79 Å². The monoisotopic (exact) mass is 553 g/mol. The lowest BCUT2D eigenvalue weighted by atomic mass is 9.88. The fourth-order valence-corrected chi connectivity index (χ4v) is 5.76. The van der Waals surface area contributed by atoms with Crippen LogP contribution in [0.5, 0.6) is 11.6 Å². The number of benzene rings is 2. The SMILES string of the molecule is CCc1ccc(S(=O)(=O)N[C@@H]2c3cc(C(=O)N(CC)Cc4cccc(OC)c4)cnc3OC(C)(C)[C@H]2O)cc1. The van der Waals surface area contributed by atoms with E-state index in [0.29, 0.717) is 24.4 Å². The van der Waals surface area contributed by atoms with Crippen LogP contribution in [0, 0.1) is 0 Å². The highest BCUT2D eigenvalue weighted by Gasteiger charge is 2.45. The van der Waals surface area contributed by atoms with Gasteiger partial charge in [-0.1, -0.05) is 31.2 Å². The van der Waals surface area contributed by atoms with Gasteiger partial charge in [0.2, 0.25) is 15.9 Å². The quantitative estimate of drug-likeness (QED) is 0.413. The molecule has 1 amide bonds. The molecule has 3 aromatic rings. The Hall–Kier alpha value is -3.47. The number of aliphatic hydroxyl groups is 1. The number of pyridine rings is 1. The maximum Gasteiger partial charge on any atom is 0.255 e. The molecule has 4 rings (SSSR count). The molecular weight excluding hydrogens is 518 g/mol. The van der Waals surface area contributed by atoms with Crippen LogP contribution in [0.2, 0.25) is 0 Å². The van der Waals surface area contributed by atoms with Gasteiger partial charge in [-0.25, -0.2) is 18.1 Å². The second-order valence-corrected chi connectivity index (χ2v) is 11.8. The van der Waals surface area contributed by atoms with Crippen molar-refractivity contribution < 1.29 is 27.8 Å². The lowest BCUT2D eigenvalue weighted by Gasteiger charge is -2.41. The van der Waals surface area contributed by atoms with Gasteiger partial charge in [-0.05, 0) is 68.7 Å². The first-order valence-electron chi connectivity index (χ1n) is 12.9. The van der Waals surface area contributed by atoms with Gasteiger partial charge in [-0.2, -0.15) is 0 Å². The van der Waals surface area contributed by atoms with Crippen molar-refractivity contribution in [3.05, 3.63) is 83.0 Å². The van der Waals surface area contributed by atoms with Gasteiger partial charge in [0.25, 0.3) is 5.91 Å². The number of nitrogens with one attached hydrogen (secondary N) is 1. The minimum atomic E-state index is -4.01. The highest BCUT2D eigenvalue weighted by Crippen LogP contribution is 2.40. The number of ether oxygens (including phenoxy) is 2. The van der Waals surface area contributed by atoms with Crippen molar-refractivity contribution in [2.75, 3.05) is 13.7 Å². The first-order valence-corrected chi connectivity index (χ1v) is 14.4. The van der Waals surface area contributed by atoms with Crippen LogP contribution in [0.4, 0.5) is 0 Å². The Bertz CT molecular complexity index is 1440. The summed E-state index contributed by atoms with van der Waals surface area (Å²) < 4.78 is 40.5. The van der Waals surface area contributed by atoms with Gasteiger partial charge in [0, 0.05) is 24.8 Å². The summed E-state index contributed by atoms with van der Waals surface area (Å²) in [4.78, 5) is 19.6.